The largest absolute Gasteiger partial charge is 0.456 e. The van der Waals surface area contributed by atoms with Crippen LogP contribution in [-0.4, -0.2) is 29.0 Å². The van der Waals surface area contributed by atoms with E-state index >= 15 is 0 Å². The second-order valence-corrected chi connectivity index (χ2v) is 6.70. The topological polar surface area (TPSA) is 63.2 Å². The van der Waals surface area contributed by atoms with E-state index in [1.54, 1.807) is 36.5 Å². The second-order valence-electron chi connectivity index (χ2n) is 6.30. The molecule has 1 aromatic carbocycles. The van der Waals surface area contributed by atoms with Gasteiger partial charge in [0, 0.05) is 42.1 Å². The zero-order chi connectivity index (χ0) is 16.5. The molecule has 1 amide bonds. The molecule has 0 saturated carbocycles. The zero-order valence-corrected chi connectivity index (χ0v) is 13.8. The molecule has 124 valence electrons. The highest BCUT2D eigenvalue weighted by atomic mass is 35.5. The first-order valence-corrected chi connectivity index (χ1v) is 8.51. The van der Waals surface area contributed by atoms with Crippen LogP contribution >= 0.6 is 11.6 Å². The number of nitrogens with zero attached hydrogens (tertiary/aromatic N) is 1. The van der Waals surface area contributed by atoms with E-state index in [4.69, 9.17) is 16.3 Å². The Bertz CT molecular complexity index is 750. The Labute approximate surface area is 145 Å². The Balaban J connectivity index is 1.40. The van der Waals surface area contributed by atoms with E-state index in [9.17, 15) is 4.79 Å². The van der Waals surface area contributed by atoms with Gasteiger partial charge in [0.2, 0.25) is 0 Å². The summed E-state index contributed by atoms with van der Waals surface area (Å²) in [6.07, 6.45) is 6.54. The highest BCUT2D eigenvalue weighted by Crippen LogP contribution is 2.29. The number of ether oxygens (including phenoxy) is 1. The van der Waals surface area contributed by atoms with E-state index in [1.807, 2.05) is 0 Å². The van der Waals surface area contributed by atoms with Crippen LogP contribution in [0.5, 0.6) is 11.5 Å². The number of hydrogen-bond donors (Lipinski definition) is 2. The maximum Gasteiger partial charge on any atom is 0.251 e. The highest BCUT2D eigenvalue weighted by Gasteiger charge is 2.39. The molecule has 3 unspecified atom stereocenters. The summed E-state index contributed by atoms with van der Waals surface area (Å²) in [5.74, 6) is 1.13. The van der Waals surface area contributed by atoms with Gasteiger partial charge in [-0.1, -0.05) is 11.6 Å². The third-order valence-electron chi connectivity index (χ3n) is 4.70. The Morgan fingerprint density at radius 2 is 2.08 bits per heavy atom. The van der Waals surface area contributed by atoms with Crippen molar-refractivity contribution >= 4 is 17.5 Å². The fourth-order valence-corrected chi connectivity index (χ4v) is 3.64. The molecule has 0 aliphatic carbocycles. The number of amides is 1. The Morgan fingerprint density at radius 3 is 2.75 bits per heavy atom. The second kappa shape index (κ2) is 6.42. The summed E-state index contributed by atoms with van der Waals surface area (Å²) in [6, 6.07) is 10.0. The first kappa shape index (κ1) is 15.4. The molecule has 2 bridgehead atoms. The van der Waals surface area contributed by atoms with Crippen molar-refractivity contribution in [3.05, 3.63) is 53.3 Å². The average Bonchev–Trinajstić information content (AvgIpc) is 3.20. The van der Waals surface area contributed by atoms with Gasteiger partial charge in [0.15, 0.2) is 0 Å². The van der Waals surface area contributed by atoms with Crippen molar-refractivity contribution in [2.75, 3.05) is 0 Å². The summed E-state index contributed by atoms with van der Waals surface area (Å²) < 4.78 is 5.70. The van der Waals surface area contributed by atoms with Gasteiger partial charge in [-0.05, 0) is 43.5 Å². The van der Waals surface area contributed by atoms with Crippen LogP contribution in [0.2, 0.25) is 5.02 Å². The average molecular weight is 344 g/mol. The monoisotopic (exact) mass is 343 g/mol. The molecule has 6 heteroatoms. The summed E-state index contributed by atoms with van der Waals surface area (Å²) in [6.45, 7) is 0. The highest BCUT2D eigenvalue weighted by molar-refractivity contribution is 6.31. The number of fused-ring (bicyclic) bond motifs is 2. The molecule has 24 heavy (non-hydrogen) atoms. The van der Waals surface area contributed by atoms with E-state index in [-0.39, 0.29) is 11.9 Å². The lowest BCUT2D eigenvalue weighted by Gasteiger charge is -2.21. The summed E-state index contributed by atoms with van der Waals surface area (Å²) in [5, 5.41) is 7.10. The maximum absolute atomic E-state index is 12.4. The van der Waals surface area contributed by atoms with Gasteiger partial charge in [-0.25, -0.2) is 0 Å². The Kier molecular flexibility index (Phi) is 4.12. The Morgan fingerprint density at radius 1 is 1.25 bits per heavy atom. The van der Waals surface area contributed by atoms with Crippen LogP contribution in [0.3, 0.4) is 0 Å². The van der Waals surface area contributed by atoms with Crippen LogP contribution in [0.4, 0.5) is 0 Å². The van der Waals surface area contributed by atoms with Gasteiger partial charge in [-0.2, -0.15) is 0 Å². The van der Waals surface area contributed by atoms with Gasteiger partial charge in [0.05, 0.1) is 0 Å². The number of benzene rings is 1. The molecular weight excluding hydrogens is 326 g/mol. The minimum Gasteiger partial charge on any atom is -0.456 e. The molecular formula is C18H18ClN3O2. The van der Waals surface area contributed by atoms with Gasteiger partial charge >= 0.3 is 0 Å². The van der Waals surface area contributed by atoms with Gasteiger partial charge in [0.25, 0.3) is 5.91 Å². The van der Waals surface area contributed by atoms with Crippen molar-refractivity contribution in [1.29, 1.82) is 0 Å². The van der Waals surface area contributed by atoms with Crippen LogP contribution in [0.15, 0.2) is 42.7 Å². The van der Waals surface area contributed by atoms with Crippen molar-refractivity contribution < 1.29 is 9.53 Å². The van der Waals surface area contributed by atoms with Crippen molar-refractivity contribution in [2.24, 2.45) is 0 Å². The molecule has 1 aromatic heterocycles. The number of rotatable bonds is 4. The smallest absolute Gasteiger partial charge is 0.251 e. The van der Waals surface area contributed by atoms with Crippen molar-refractivity contribution in [1.82, 2.24) is 15.6 Å². The number of nitrogens with one attached hydrogen (secondary N) is 2. The Hall–Kier alpha value is -2.11. The van der Waals surface area contributed by atoms with Crippen LogP contribution in [-0.2, 0) is 0 Å². The van der Waals surface area contributed by atoms with Crippen molar-refractivity contribution in [3.8, 4) is 11.5 Å². The number of pyridine rings is 1. The van der Waals surface area contributed by atoms with Crippen LogP contribution in [0.1, 0.15) is 29.6 Å². The summed E-state index contributed by atoms with van der Waals surface area (Å²) in [5.41, 5.74) is 0.631. The van der Waals surface area contributed by atoms with E-state index < -0.39 is 0 Å². The molecule has 5 nitrogen and oxygen atoms in total. The first-order chi connectivity index (χ1) is 11.7. The third kappa shape index (κ3) is 3.09. The van der Waals surface area contributed by atoms with E-state index in [0.717, 1.165) is 12.8 Å². The maximum atomic E-state index is 12.4. The molecule has 3 atom stereocenters. The predicted octanol–water partition coefficient (Wildman–Crippen LogP) is 3.15. The zero-order valence-electron chi connectivity index (χ0n) is 13.0. The molecule has 4 rings (SSSR count). The normalized spacial score (nSPS) is 24.8. The van der Waals surface area contributed by atoms with Gasteiger partial charge in [0.1, 0.15) is 16.5 Å². The molecule has 0 radical (unpaired) electrons. The number of carbonyl (C=O) groups excluding carboxylic acids is 1. The number of halogens is 1. The predicted molar refractivity (Wildman–Crippen MR) is 91.6 cm³/mol. The number of aromatic nitrogens is 1. The van der Waals surface area contributed by atoms with Crippen LogP contribution in [0, 0.1) is 0 Å². The lowest BCUT2D eigenvalue weighted by Crippen LogP contribution is -2.42. The molecule has 0 spiro atoms. The van der Waals surface area contributed by atoms with Crippen LogP contribution < -0.4 is 15.4 Å². The quantitative estimate of drug-likeness (QED) is 0.895. The molecule has 2 fully saturated rings. The molecule has 2 saturated heterocycles. The van der Waals surface area contributed by atoms with Gasteiger partial charge in [-0.3, -0.25) is 9.78 Å². The molecule has 2 N–H and O–H groups in total. The summed E-state index contributed by atoms with van der Waals surface area (Å²) in [4.78, 5) is 16.3. The third-order valence-corrected chi connectivity index (χ3v) is 4.98. The lowest BCUT2D eigenvalue weighted by atomic mass is 9.95. The summed E-state index contributed by atoms with van der Waals surface area (Å²) in [7, 11) is 0. The van der Waals surface area contributed by atoms with Crippen molar-refractivity contribution in [3.63, 3.8) is 0 Å². The molecule has 2 aliphatic rings. The van der Waals surface area contributed by atoms with Gasteiger partial charge < -0.3 is 15.4 Å². The fraction of sp³-hybridized carbons (Fsp3) is 0.333. The molecule has 2 aromatic rings. The van der Waals surface area contributed by atoms with Gasteiger partial charge in [-0.15, -0.1) is 0 Å². The molecule has 3 heterocycles. The minimum atomic E-state index is -0.0390. The SMILES string of the molecule is O=C(NC1CC2CCC1N2)c1ccc(Oc2ccncc2Cl)cc1. The summed E-state index contributed by atoms with van der Waals surface area (Å²) >= 11 is 6.02. The fourth-order valence-electron chi connectivity index (χ4n) is 3.48. The number of carbonyl (C=O) groups is 1. The lowest BCUT2D eigenvalue weighted by molar-refractivity contribution is 0.0931. The van der Waals surface area contributed by atoms with Crippen molar-refractivity contribution in [2.45, 2.75) is 37.4 Å². The first-order valence-electron chi connectivity index (χ1n) is 8.13. The molecule has 2 aliphatic heterocycles. The van der Waals surface area contributed by atoms with E-state index in [0.29, 0.717) is 34.2 Å². The standard InChI is InChI=1S/C18H18ClN3O2/c19-14-10-20-8-7-17(14)24-13-4-1-11(2-5-13)18(23)22-16-9-12-3-6-15(16)21-12/h1-2,4-5,7-8,10,12,15-16,21H,3,6,9H2,(H,22,23). The van der Waals surface area contributed by atoms with E-state index in [1.165, 1.54) is 12.6 Å². The van der Waals surface area contributed by atoms with Crippen LogP contribution in [0.25, 0.3) is 0 Å². The minimum absolute atomic E-state index is 0.0390. The number of hydrogen-bond acceptors (Lipinski definition) is 4. The van der Waals surface area contributed by atoms with E-state index in [2.05, 4.69) is 15.6 Å².